The summed E-state index contributed by atoms with van der Waals surface area (Å²) in [6.07, 6.45) is -4.78. The molecule has 0 saturated heterocycles. The van der Waals surface area contributed by atoms with E-state index in [1.54, 1.807) is 18.2 Å². The fourth-order valence-electron chi connectivity index (χ4n) is 2.44. The Labute approximate surface area is 178 Å². The van der Waals surface area contributed by atoms with E-state index in [0.29, 0.717) is 22.9 Å². The molecule has 0 atom stereocenters. The van der Waals surface area contributed by atoms with Crippen LogP contribution >= 0.6 is 11.8 Å². The molecule has 0 fully saturated rings. The number of alkyl halides is 3. The smallest absolute Gasteiger partial charge is 0.497 e. The number of carbonyl (C=O) groups excluding carboxylic acids is 1. The summed E-state index contributed by atoms with van der Waals surface area (Å²) in [5, 5.41) is 14.2. The van der Waals surface area contributed by atoms with Crippen LogP contribution < -0.4 is 19.5 Å². The monoisotopic (exact) mass is 455 g/mol. The van der Waals surface area contributed by atoms with E-state index in [1.165, 1.54) is 31.0 Å². The van der Waals surface area contributed by atoms with Crippen LogP contribution in [0.5, 0.6) is 17.2 Å². The molecule has 0 aliphatic heterocycles. The summed E-state index contributed by atoms with van der Waals surface area (Å²) in [6.45, 7) is 0. The lowest BCUT2D eigenvalue weighted by molar-refractivity contribution is -0.274. The van der Waals surface area contributed by atoms with Gasteiger partial charge in [-0.05, 0) is 46.8 Å². The largest absolute Gasteiger partial charge is 0.573 e. The number of ether oxygens (including phenoxy) is 3. The number of halogens is 3. The number of rotatable bonds is 8. The van der Waals surface area contributed by atoms with Crippen molar-refractivity contribution in [3.05, 3.63) is 42.5 Å². The van der Waals surface area contributed by atoms with Gasteiger partial charge < -0.3 is 19.5 Å². The molecule has 1 N–H and O–H groups in total. The molecule has 9 nitrogen and oxygen atoms in total. The van der Waals surface area contributed by atoms with Gasteiger partial charge in [-0.2, -0.15) is 4.68 Å². The number of anilines is 1. The van der Waals surface area contributed by atoms with Gasteiger partial charge in [-0.15, -0.1) is 18.3 Å². The first-order valence-electron chi connectivity index (χ1n) is 8.58. The van der Waals surface area contributed by atoms with E-state index in [0.717, 1.165) is 23.9 Å². The highest BCUT2D eigenvalue weighted by Gasteiger charge is 2.31. The lowest BCUT2D eigenvalue weighted by atomic mass is 10.2. The highest BCUT2D eigenvalue weighted by Crippen LogP contribution is 2.29. The zero-order chi connectivity index (χ0) is 22.4. The molecule has 31 heavy (non-hydrogen) atoms. The van der Waals surface area contributed by atoms with Crippen molar-refractivity contribution in [2.24, 2.45) is 0 Å². The van der Waals surface area contributed by atoms with Crippen LogP contribution in [-0.4, -0.2) is 52.4 Å². The molecule has 1 amide bonds. The van der Waals surface area contributed by atoms with Crippen LogP contribution in [0.15, 0.2) is 47.6 Å². The molecular weight excluding hydrogens is 439 g/mol. The number of methoxy groups -OCH3 is 2. The first kappa shape index (κ1) is 22.2. The summed E-state index contributed by atoms with van der Waals surface area (Å²) < 4.78 is 52.3. The minimum atomic E-state index is -4.78. The predicted molar refractivity (Wildman–Crippen MR) is 105 cm³/mol. The van der Waals surface area contributed by atoms with Crippen LogP contribution in [0, 0.1) is 0 Å². The Morgan fingerprint density at radius 3 is 2.45 bits per heavy atom. The van der Waals surface area contributed by atoms with Crippen molar-refractivity contribution in [1.29, 1.82) is 0 Å². The first-order chi connectivity index (χ1) is 14.8. The predicted octanol–water partition coefficient (Wildman–Crippen LogP) is 3.31. The Morgan fingerprint density at radius 2 is 1.81 bits per heavy atom. The molecule has 0 unspecified atom stereocenters. The van der Waals surface area contributed by atoms with Crippen LogP contribution in [0.25, 0.3) is 5.69 Å². The second-order valence-corrected chi connectivity index (χ2v) is 6.76. The molecule has 1 aromatic heterocycles. The van der Waals surface area contributed by atoms with Gasteiger partial charge in [0.05, 0.1) is 31.3 Å². The van der Waals surface area contributed by atoms with Crippen LogP contribution in [0.2, 0.25) is 0 Å². The quantitative estimate of drug-likeness (QED) is 0.517. The van der Waals surface area contributed by atoms with Crippen LogP contribution in [0.1, 0.15) is 0 Å². The molecule has 0 aliphatic rings. The van der Waals surface area contributed by atoms with Gasteiger partial charge in [-0.25, -0.2) is 0 Å². The van der Waals surface area contributed by atoms with Gasteiger partial charge in [0.2, 0.25) is 11.1 Å². The number of tetrazole rings is 1. The van der Waals surface area contributed by atoms with Crippen molar-refractivity contribution in [3.63, 3.8) is 0 Å². The molecule has 3 aromatic rings. The van der Waals surface area contributed by atoms with Crippen molar-refractivity contribution in [2.45, 2.75) is 11.5 Å². The highest BCUT2D eigenvalue weighted by atomic mass is 32.2. The topological polar surface area (TPSA) is 100 Å². The zero-order valence-corrected chi connectivity index (χ0v) is 17.0. The number of thioether (sulfide) groups is 1. The first-order valence-corrected chi connectivity index (χ1v) is 9.57. The number of hydrogen-bond donors (Lipinski definition) is 1. The summed E-state index contributed by atoms with van der Waals surface area (Å²) >= 11 is 1.05. The van der Waals surface area contributed by atoms with Crippen molar-refractivity contribution in [2.75, 3.05) is 25.3 Å². The third kappa shape index (κ3) is 6.01. The molecule has 0 bridgehead atoms. The SMILES string of the molecule is COc1ccc(NC(=O)CSc2nnnn2-c2ccc(OC(F)(F)F)cc2)c(OC)c1. The van der Waals surface area contributed by atoms with Gasteiger partial charge in [0.1, 0.15) is 17.2 Å². The minimum Gasteiger partial charge on any atom is -0.497 e. The average Bonchev–Trinajstić information content (AvgIpc) is 3.20. The normalized spacial score (nSPS) is 11.1. The molecule has 0 saturated carbocycles. The van der Waals surface area contributed by atoms with Gasteiger partial charge in [0, 0.05) is 6.07 Å². The summed E-state index contributed by atoms with van der Waals surface area (Å²) in [7, 11) is 2.99. The Morgan fingerprint density at radius 1 is 1.10 bits per heavy atom. The summed E-state index contributed by atoms with van der Waals surface area (Å²) in [6, 6.07) is 9.97. The van der Waals surface area contributed by atoms with Gasteiger partial charge in [0.25, 0.3) is 0 Å². The van der Waals surface area contributed by atoms with E-state index >= 15 is 0 Å². The molecule has 3 rings (SSSR count). The molecule has 0 spiro atoms. The number of benzene rings is 2. The maximum atomic E-state index is 12.3. The van der Waals surface area contributed by atoms with Crippen LogP contribution in [0.4, 0.5) is 18.9 Å². The standard InChI is InChI=1S/C18H16F3N5O4S/c1-28-13-7-8-14(15(9-13)29-2)22-16(27)10-31-17-23-24-25-26(17)11-3-5-12(6-4-11)30-18(19,20)21/h3-9H,10H2,1-2H3,(H,22,27). The van der Waals surface area contributed by atoms with Gasteiger partial charge in [-0.1, -0.05) is 11.8 Å². The highest BCUT2D eigenvalue weighted by molar-refractivity contribution is 7.99. The lowest BCUT2D eigenvalue weighted by Crippen LogP contribution is -2.17. The van der Waals surface area contributed by atoms with Crippen molar-refractivity contribution in [3.8, 4) is 22.9 Å². The molecular formula is C18H16F3N5O4S. The fourth-order valence-corrected chi connectivity index (χ4v) is 3.13. The Kier molecular flexibility index (Phi) is 6.84. The molecule has 0 aliphatic carbocycles. The fraction of sp³-hybridized carbons (Fsp3) is 0.222. The molecule has 13 heteroatoms. The Balaban J connectivity index is 1.64. The average molecular weight is 455 g/mol. The second kappa shape index (κ2) is 9.55. The maximum Gasteiger partial charge on any atom is 0.573 e. The Hall–Kier alpha value is -3.48. The summed E-state index contributed by atoms with van der Waals surface area (Å²) in [4.78, 5) is 12.3. The molecule has 1 heterocycles. The number of carbonyl (C=O) groups is 1. The molecule has 0 radical (unpaired) electrons. The van der Waals surface area contributed by atoms with E-state index in [1.807, 2.05) is 0 Å². The zero-order valence-electron chi connectivity index (χ0n) is 16.2. The molecule has 2 aromatic carbocycles. The maximum absolute atomic E-state index is 12.3. The van der Waals surface area contributed by atoms with Crippen molar-refractivity contribution >= 4 is 23.4 Å². The number of aromatic nitrogens is 4. The van der Waals surface area contributed by atoms with E-state index in [4.69, 9.17) is 9.47 Å². The summed E-state index contributed by atoms with van der Waals surface area (Å²) in [5.41, 5.74) is 0.869. The van der Waals surface area contributed by atoms with Crippen molar-refractivity contribution < 1.29 is 32.2 Å². The van der Waals surface area contributed by atoms with E-state index in [-0.39, 0.29) is 22.6 Å². The number of hydrogen-bond acceptors (Lipinski definition) is 8. The summed E-state index contributed by atoms with van der Waals surface area (Å²) in [5.74, 6) is 0.284. The lowest BCUT2D eigenvalue weighted by Gasteiger charge is -2.11. The molecule has 164 valence electrons. The van der Waals surface area contributed by atoms with E-state index in [2.05, 4.69) is 25.6 Å². The van der Waals surface area contributed by atoms with Crippen molar-refractivity contribution in [1.82, 2.24) is 20.2 Å². The Bertz CT molecular complexity index is 1040. The third-order valence-corrected chi connectivity index (χ3v) is 4.69. The van der Waals surface area contributed by atoms with E-state index < -0.39 is 6.36 Å². The second-order valence-electron chi connectivity index (χ2n) is 5.82. The number of nitrogens with one attached hydrogen (secondary N) is 1. The minimum absolute atomic E-state index is 0.0230. The van der Waals surface area contributed by atoms with Crippen LogP contribution in [0.3, 0.4) is 0 Å². The van der Waals surface area contributed by atoms with Gasteiger partial charge in [0.15, 0.2) is 0 Å². The third-order valence-electron chi connectivity index (χ3n) is 3.77. The number of amides is 1. The van der Waals surface area contributed by atoms with Gasteiger partial charge >= 0.3 is 6.36 Å². The number of nitrogens with zero attached hydrogens (tertiary/aromatic N) is 4. The van der Waals surface area contributed by atoms with Gasteiger partial charge in [-0.3, -0.25) is 4.79 Å². The van der Waals surface area contributed by atoms with E-state index in [9.17, 15) is 18.0 Å². The van der Waals surface area contributed by atoms with Crippen LogP contribution in [-0.2, 0) is 4.79 Å².